The highest BCUT2D eigenvalue weighted by molar-refractivity contribution is 7.87. The van der Waals surface area contributed by atoms with Gasteiger partial charge in [0.15, 0.2) is 0 Å². The van der Waals surface area contributed by atoms with E-state index in [1.165, 1.54) is 18.4 Å². The molecule has 3 aromatic rings. The average molecular weight is 510 g/mol. The summed E-state index contributed by atoms with van der Waals surface area (Å²) in [6, 6.07) is 16.1. The van der Waals surface area contributed by atoms with Crippen LogP contribution in [0, 0.1) is 6.92 Å². The highest BCUT2D eigenvalue weighted by Gasteiger charge is 2.18. The molecule has 0 radical (unpaired) electrons. The first-order valence-electron chi connectivity index (χ1n) is 12.3. The molecule has 0 aliphatic carbocycles. The van der Waals surface area contributed by atoms with Gasteiger partial charge in [0.25, 0.3) is 10.2 Å². The van der Waals surface area contributed by atoms with Crippen LogP contribution in [0.25, 0.3) is 0 Å². The molecule has 36 heavy (non-hydrogen) atoms. The maximum atomic E-state index is 12.0. The quantitative estimate of drug-likeness (QED) is 0.327. The molecule has 2 heterocycles. The van der Waals surface area contributed by atoms with E-state index >= 15 is 0 Å². The molecule has 1 fully saturated rings. The standard InChI is InChI=1S/C26H35N7O2S/c1-4-28-36(34,35)29-18-22-7-5-6-8-24(22)31-25-19(2)17-27-26(32-25)30-23-11-9-20(10-12-23)21-13-15-33(3)16-14-21/h5-12,17,21,28-29H,4,13-16,18H2,1-3H3,(H2,27,30,31,32). The van der Waals surface area contributed by atoms with Gasteiger partial charge in [0, 0.05) is 36.2 Å². The largest absolute Gasteiger partial charge is 0.340 e. The van der Waals surface area contributed by atoms with Crippen LogP contribution >= 0.6 is 0 Å². The van der Waals surface area contributed by atoms with Crippen molar-refractivity contribution in [1.29, 1.82) is 0 Å². The summed E-state index contributed by atoms with van der Waals surface area (Å²) >= 11 is 0. The first-order valence-corrected chi connectivity index (χ1v) is 13.8. The zero-order chi connectivity index (χ0) is 25.5. The van der Waals surface area contributed by atoms with E-state index in [-0.39, 0.29) is 6.54 Å². The van der Waals surface area contributed by atoms with Gasteiger partial charge in [0.05, 0.1) is 0 Å². The van der Waals surface area contributed by atoms with Gasteiger partial charge in [-0.05, 0) is 75.1 Å². The van der Waals surface area contributed by atoms with Crippen LogP contribution < -0.4 is 20.1 Å². The molecule has 4 rings (SSSR count). The number of aromatic nitrogens is 2. The molecule has 10 heteroatoms. The molecule has 1 aliphatic rings. The number of aryl methyl sites for hydroxylation is 1. The summed E-state index contributed by atoms with van der Waals surface area (Å²) in [4.78, 5) is 11.5. The molecule has 0 saturated carbocycles. The SMILES string of the molecule is CCNS(=O)(=O)NCc1ccccc1Nc1nc(Nc2ccc(C3CCN(C)CC3)cc2)ncc1C. The highest BCUT2D eigenvalue weighted by atomic mass is 32.2. The second kappa shape index (κ2) is 11.8. The van der Waals surface area contributed by atoms with E-state index in [4.69, 9.17) is 0 Å². The van der Waals surface area contributed by atoms with E-state index in [9.17, 15) is 8.42 Å². The van der Waals surface area contributed by atoms with Crippen molar-refractivity contribution in [2.75, 3.05) is 37.3 Å². The van der Waals surface area contributed by atoms with Crippen LogP contribution in [-0.4, -0.2) is 50.0 Å². The molecule has 4 N–H and O–H groups in total. The molecule has 2 aromatic carbocycles. The maximum Gasteiger partial charge on any atom is 0.277 e. The fraction of sp³-hybridized carbons (Fsp3) is 0.385. The van der Waals surface area contributed by atoms with Gasteiger partial charge in [-0.2, -0.15) is 18.1 Å². The van der Waals surface area contributed by atoms with Crippen LogP contribution in [0.3, 0.4) is 0 Å². The number of rotatable bonds is 10. The lowest BCUT2D eigenvalue weighted by atomic mass is 9.89. The smallest absolute Gasteiger partial charge is 0.277 e. The summed E-state index contributed by atoms with van der Waals surface area (Å²) in [7, 11) is -1.37. The summed E-state index contributed by atoms with van der Waals surface area (Å²) in [6.45, 7) is 6.43. The van der Waals surface area contributed by atoms with E-state index < -0.39 is 10.2 Å². The van der Waals surface area contributed by atoms with Crippen LogP contribution in [0.4, 0.5) is 23.1 Å². The first-order chi connectivity index (χ1) is 17.3. The summed E-state index contributed by atoms with van der Waals surface area (Å²) in [5.41, 5.74) is 4.76. The van der Waals surface area contributed by atoms with Crippen molar-refractivity contribution in [2.45, 2.75) is 39.2 Å². The number of nitrogens with zero attached hydrogens (tertiary/aromatic N) is 3. The summed E-state index contributed by atoms with van der Waals surface area (Å²) in [5.74, 6) is 1.75. The number of likely N-dealkylation sites (tertiary alicyclic amines) is 1. The van der Waals surface area contributed by atoms with E-state index in [1.54, 1.807) is 13.1 Å². The Hall–Kier alpha value is -3.05. The van der Waals surface area contributed by atoms with Gasteiger partial charge in [-0.15, -0.1) is 0 Å². The molecule has 192 valence electrons. The zero-order valence-electron chi connectivity index (χ0n) is 21.1. The predicted molar refractivity (Wildman–Crippen MR) is 145 cm³/mol. The van der Waals surface area contributed by atoms with Crippen molar-refractivity contribution in [1.82, 2.24) is 24.3 Å². The number of hydrogen-bond donors (Lipinski definition) is 4. The summed E-state index contributed by atoms with van der Waals surface area (Å²) in [5, 5.41) is 6.64. The number of hydrogen-bond acceptors (Lipinski definition) is 7. The average Bonchev–Trinajstić information content (AvgIpc) is 2.86. The molecule has 0 spiro atoms. The number of nitrogens with one attached hydrogen (secondary N) is 4. The molecular weight excluding hydrogens is 474 g/mol. The van der Waals surface area contributed by atoms with Crippen LogP contribution in [0.15, 0.2) is 54.7 Å². The Morgan fingerprint density at radius 2 is 1.72 bits per heavy atom. The number of piperidine rings is 1. The Morgan fingerprint density at radius 1 is 1.00 bits per heavy atom. The van der Waals surface area contributed by atoms with Gasteiger partial charge in [-0.3, -0.25) is 0 Å². The minimum atomic E-state index is -3.55. The van der Waals surface area contributed by atoms with Crippen LogP contribution in [0.5, 0.6) is 0 Å². The first kappa shape index (κ1) is 26.0. The van der Waals surface area contributed by atoms with Gasteiger partial charge in [-0.25, -0.2) is 9.71 Å². The predicted octanol–water partition coefficient (Wildman–Crippen LogP) is 4.03. The lowest BCUT2D eigenvalue weighted by molar-refractivity contribution is 0.255. The Kier molecular flexibility index (Phi) is 8.52. The molecule has 0 bridgehead atoms. The molecule has 0 atom stereocenters. The lowest BCUT2D eigenvalue weighted by Gasteiger charge is -2.29. The molecule has 9 nitrogen and oxygen atoms in total. The zero-order valence-corrected chi connectivity index (χ0v) is 21.9. The fourth-order valence-corrected chi connectivity index (χ4v) is 5.10. The minimum Gasteiger partial charge on any atom is -0.340 e. The van der Waals surface area contributed by atoms with Crippen LogP contribution in [0.2, 0.25) is 0 Å². The van der Waals surface area contributed by atoms with Crippen molar-refractivity contribution < 1.29 is 8.42 Å². The Balaban J connectivity index is 1.44. The Labute approximate surface area is 213 Å². The van der Waals surface area contributed by atoms with Gasteiger partial charge in [-0.1, -0.05) is 37.3 Å². The molecule has 0 amide bonds. The summed E-state index contributed by atoms with van der Waals surface area (Å²) in [6.07, 6.45) is 4.15. The topological polar surface area (TPSA) is 111 Å². The van der Waals surface area contributed by atoms with Crippen molar-refractivity contribution in [3.8, 4) is 0 Å². The third kappa shape index (κ3) is 7.01. The van der Waals surface area contributed by atoms with Gasteiger partial charge in [0.2, 0.25) is 5.95 Å². The van der Waals surface area contributed by atoms with Crippen LogP contribution in [-0.2, 0) is 16.8 Å². The molecule has 1 saturated heterocycles. The van der Waals surface area contributed by atoms with E-state index in [0.29, 0.717) is 24.2 Å². The molecule has 0 unspecified atom stereocenters. The van der Waals surface area contributed by atoms with E-state index in [0.717, 1.165) is 35.6 Å². The van der Waals surface area contributed by atoms with Gasteiger partial charge >= 0.3 is 0 Å². The van der Waals surface area contributed by atoms with Crippen molar-refractivity contribution >= 4 is 33.4 Å². The molecule has 1 aliphatic heterocycles. The van der Waals surface area contributed by atoms with Crippen molar-refractivity contribution in [2.24, 2.45) is 0 Å². The second-order valence-corrected chi connectivity index (χ2v) is 10.7. The molecule has 1 aromatic heterocycles. The monoisotopic (exact) mass is 509 g/mol. The van der Waals surface area contributed by atoms with Gasteiger partial charge < -0.3 is 15.5 Å². The maximum absolute atomic E-state index is 12.0. The Morgan fingerprint density at radius 3 is 2.44 bits per heavy atom. The second-order valence-electron chi connectivity index (χ2n) is 9.15. The number of benzene rings is 2. The number of para-hydroxylation sites is 1. The Bertz CT molecular complexity index is 1260. The molecular formula is C26H35N7O2S. The van der Waals surface area contributed by atoms with Crippen molar-refractivity contribution in [3.05, 3.63) is 71.4 Å². The van der Waals surface area contributed by atoms with E-state index in [1.807, 2.05) is 31.2 Å². The van der Waals surface area contributed by atoms with Crippen LogP contribution in [0.1, 0.15) is 42.4 Å². The third-order valence-electron chi connectivity index (χ3n) is 6.39. The summed E-state index contributed by atoms with van der Waals surface area (Å²) < 4.78 is 29.0. The minimum absolute atomic E-state index is 0.150. The third-order valence-corrected chi connectivity index (χ3v) is 7.58. The normalized spacial score (nSPS) is 15.1. The number of anilines is 4. The fourth-order valence-electron chi connectivity index (χ4n) is 4.28. The lowest BCUT2D eigenvalue weighted by Crippen LogP contribution is -2.35. The van der Waals surface area contributed by atoms with Gasteiger partial charge in [0.1, 0.15) is 5.82 Å². The van der Waals surface area contributed by atoms with Crippen molar-refractivity contribution in [3.63, 3.8) is 0 Å². The highest BCUT2D eigenvalue weighted by Crippen LogP contribution is 2.29. The van der Waals surface area contributed by atoms with E-state index in [2.05, 4.69) is 66.3 Å².